The molecule has 0 aliphatic carbocycles. The van der Waals surface area contributed by atoms with Crippen LogP contribution in [-0.4, -0.2) is 42.1 Å². The van der Waals surface area contributed by atoms with Gasteiger partial charge in [-0.3, -0.25) is 0 Å². The maximum Gasteiger partial charge on any atom is 0.224 e. The Balaban J connectivity index is 2.56. The highest BCUT2D eigenvalue weighted by atomic mass is 35.5. The van der Waals surface area contributed by atoms with E-state index in [9.17, 15) is 0 Å². The quantitative estimate of drug-likeness (QED) is 0.779. The molecule has 0 aliphatic rings. The van der Waals surface area contributed by atoms with Crippen LogP contribution in [-0.2, 0) is 6.42 Å². The number of nitrogens with zero attached hydrogens (tertiary/aromatic N) is 3. The molecule has 15 heavy (non-hydrogen) atoms. The number of anilines is 1. The Morgan fingerprint density at radius 3 is 2.73 bits per heavy atom. The first-order valence-electron chi connectivity index (χ1n) is 5.04. The van der Waals surface area contributed by atoms with Gasteiger partial charge in [0.15, 0.2) is 0 Å². The minimum Gasteiger partial charge on any atom is -0.369 e. The molecule has 1 rings (SSSR count). The van der Waals surface area contributed by atoms with Crippen molar-refractivity contribution in [1.82, 2.24) is 14.9 Å². The van der Waals surface area contributed by atoms with Gasteiger partial charge >= 0.3 is 0 Å². The fourth-order valence-electron chi connectivity index (χ4n) is 1.14. The molecule has 0 bridgehead atoms. The zero-order valence-corrected chi connectivity index (χ0v) is 10.2. The minimum atomic E-state index is 0.307. The molecule has 0 spiro atoms. The summed E-state index contributed by atoms with van der Waals surface area (Å²) >= 11 is 5.80. The van der Waals surface area contributed by atoms with Crippen molar-refractivity contribution in [2.45, 2.75) is 13.3 Å². The van der Waals surface area contributed by atoms with Crippen LogP contribution in [0.3, 0.4) is 0 Å². The number of likely N-dealkylation sites (N-methyl/N-ethyl adjacent to an activating group) is 1. The molecule has 1 N–H and O–H groups in total. The van der Waals surface area contributed by atoms with Crippen molar-refractivity contribution in [3.05, 3.63) is 17.0 Å². The summed E-state index contributed by atoms with van der Waals surface area (Å²) < 4.78 is 0. The summed E-state index contributed by atoms with van der Waals surface area (Å²) in [6.45, 7) is 3.86. The van der Waals surface area contributed by atoms with Crippen molar-refractivity contribution in [2.24, 2.45) is 0 Å². The van der Waals surface area contributed by atoms with E-state index in [-0.39, 0.29) is 0 Å². The molecular weight excluding hydrogens is 212 g/mol. The molecule has 0 aliphatic heterocycles. The van der Waals surface area contributed by atoms with E-state index < -0.39 is 0 Å². The standard InChI is InChI=1S/C10H17ClN4/c1-4-8-7-9(14-10(11)13-8)12-5-6-15(2)3/h7H,4-6H2,1-3H3,(H,12,13,14). The van der Waals surface area contributed by atoms with Gasteiger partial charge in [0.2, 0.25) is 5.28 Å². The van der Waals surface area contributed by atoms with Gasteiger partial charge in [0.05, 0.1) is 0 Å². The van der Waals surface area contributed by atoms with Crippen LogP contribution in [0.5, 0.6) is 0 Å². The Kier molecular flexibility index (Phi) is 4.78. The van der Waals surface area contributed by atoms with Gasteiger partial charge in [0.25, 0.3) is 0 Å². The first kappa shape index (κ1) is 12.2. The molecule has 0 saturated heterocycles. The van der Waals surface area contributed by atoms with Gasteiger partial charge in [0.1, 0.15) is 5.82 Å². The zero-order valence-electron chi connectivity index (χ0n) is 9.42. The maximum absolute atomic E-state index is 5.80. The molecule has 1 aromatic heterocycles. The van der Waals surface area contributed by atoms with E-state index in [0.29, 0.717) is 5.28 Å². The van der Waals surface area contributed by atoms with E-state index in [4.69, 9.17) is 11.6 Å². The van der Waals surface area contributed by atoms with Gasteiger partial charge < -0.3 is 10.2 Å². The number of aryl methyl sites for hydroxylation is 1. The Hall–Kier alpha value is -0.870. The van der Waals surface area contributed by atoms with Gasteiger partial charge in [-0.25, -0.2) is 9.97 Å². The lowest BCUT2D eigenvalue weighted by molar-refractivity contribution is 0.425. The number of halogens is 1. The van der Waals surface area contributed by atoms with Crippen LogP contribution >= 0.6 is 11.6 Å². The van der Waals surface area contributed by atoms with Crippen molar-refractivity contribution in [1.29, 1.82) is 0 Å². The molecule has 84 valence electrons. The van der Waals surface area contributed by atoms with Crippen molar-refractivity contribution in [3.63, 3.8) is 0 Å². The van der Waals surface area contributed by atoms with E-state index in [2.05, 4.69) is 20.2 Å². The molecular formula is C10H17ClN4. The maximum atomic E-state index is 5.80. The van der Waals surface area contributed by atoms with Crippen LogP contribution in [0, 0.1) is 0 Å². The van der Waals surface area contributed by atoms with E-state index in [1.165, 1.54) is 0 Å². The fraction of sp³-hybridized carbons (Fsp3) is 0.600. The molecule has 1 heterocycles. The largest absolute Gasteiger partial charge is 0.369 e. The predicted molar refractivity (Wildman–Crippen MR) is 63.5 cm³/mol. The van der Waals surface area contributed by atoms with Crippen molar-refractivity contribution in [2.75, 3.05) is 32.5 Å². The summed E-state index contributed by atoms with van der Waals surface area (Å²) in [6, 6.07) is 1.93. The number of nitrogens with one attached hydrogen (secondary N) is 1. The highest BCUT2D eigenvalue weighted by Gasteiger charge is 2.01. The Morgan fingerprint density at radius 1 is 1.40 bits per heavy atom. The first-order chi connectivity index (χ1) is 7.11. The molecule has 1 aromatic rings. The predicted octanol–water partition coefficient (Wildman–Crippen LogP) is 1.67. The molecule has 0 saturated carbocycles. The highest BCUT2D eigenvalue weighted by molar-refractivity contribution is 6.28. The molecule has 0 unspecified atom stereocenters. The van der Waals surface area contributed by atoms with Crippen LogP contribution in [0.1, 0.15) is 12.6 Å². The first-order valence-corrected chi connectivity index (χ1v) is 5.41. The lowest BCUT2D eigenvalue weighted by Gasteiger charge is -2.11. The summed E-state index contributed by atoms with van der Waals surface area (Å²) in [6.07, 6.45) is 0.866. The number of aromatic nitrogens is 2. The van der Waals surface area contributed by atoms with Gasteiger partial charge in [-0.1, -0.05) is 6.92 Å². The summed E-state index contributed by atoms with van der Waals surface area (Å²) in [5.41, 5.74) is 0.961. The monoisotopic (exact) mass is 228 g/mol. The molecule has 0 aromatic carbocycles. The molecule has 0 atom stereocenters. The summed E-state index contributed by atoms with van der Waals surface area (Å²) in [4.78, 5) is 10.3. The number of rotatable bonds is 5. The third kappa shape index (κ3) is 4.44. The van der Waals surface area contributed by atoms with E-state index in [1.807, 2.05) is 27.1 Å². The van der Waals surface area contributed by atoms with Crippen LogP contribution in [0.15, 0.2) is 6.07 Å². The van der Waals surface area contributed by atoms with Gasteiger partial charge in [-0.2, -0.15) is 0 Å². The average Bonchev–Trinajstić information content (AvgIpc) is 2.16. The summed E-state index contributed by atoms with van der Waals surface area (Å²) in [5, 5.41) is 3.52. The second-order valence-electron chi connectivity index (χ2n) is 3.60. The topological polar surface area (TPSA) is 41.0 Å². The fourth-order valence-corrected chi connectivity index (χ4v) is 1.34. The Bertz CT molecular complexity index is 314. The van der Waals surface area contributed by atoms with Crippen molar-refractivity contribution in [3.8, 4) is 0 Å². The molecule has 0 radical (unpaired) electrons. The normalized spacial score (nSPS) is 10.7. The molecule has 0 fully saturated rings. The molecule has 0 amide bonds. The zero-order chi connectivity index (χ0) is 11.3. The third-order valence-electron chi connectivity index (χ3n) is 1.98. The third-order valence-corrected chi connectivity index (χ3v) is 2.15. The number of hydrogen-bond donors (Lipinski definition) is 1. The number of hydrogen-bond acceptors (Lipinski definition) is 4. The Morgan fingerprint density at radius 2 is 2.13 bits per heavy atom. The van der Waals surface area contributed by atoms with Crippen LogP contribution < -0.4 is 5.32 Å². The van der Waals surface area contributed by atoms with Crippen molar-refractivity contribution < 1.29 is 0 Å². The second kappa shape index (κ2) is 5.88. The smallest absolute Gasteiger partial charge is 0.224 e. The minimum absolute atomic E-state index is 0.307. The summed E-state index contributed by atoms with van der Waals surface area (Å²) in [5.74, 6) is 0.800. The summed E-state index contributed by atoms with van der Waals surface area (Å²) in [7, 11) is 4.07. The molecule has 5 heteroatoms. The van der Waals surface area contributed by atoms with Gasteiger partial charge in [-0.05, 0) is 32.1 Å². The van der Waals surface area contributed by atoms with E-state index >= 15 is 0 Å². The molecule has 4 nitrogen and oxygen atoms in total. The van der Waals surface area contributed by atoms with Crippen LogP contribution in [0.2, 0.25) is 5.28 Å². The average molecular weight is 229 g/mol. The second-order valence-corrected chi connectivity index (χ2v) is 3.94. The SMILES string of the molecule is CCc1cc(NCCN(C)C)nc(Cl)n1. The van der Waals surface area contributed by atoms with E-state index in [1.54, 1.807) is 0 Å². The van der Waals surface area contributed by atoms with E-state index in [0.717, 1.165) is 31.0 Å². The lowest BCUT2D eigenvalue weighted by atomic mass is 10.3. The van der Waals surface area contributed by atoms with Crippen molar-refractivity contribution >= 4 is 17.4 Å². The van der Waals surface area contributed by atoms with Crippen LogP contribution in [0.25, 0.3) is 0 Å². The lowest BCUT2D eigenvalue weighted by Crippen LogP contribution is -2.21. The van der Waals surface area contributed by atoms with Crippen LogP contribution in [0.4, 0.5) is 5.82 Å². The van der Waals surface area contributed by atoms with Gasteiger partial charge in [-0.15, -0.1) is 0 Å². The van der Waals surface area contributed by atoms with Gasteiger partial charge in [0, 0.05) is 24.8 Å². The Labute approximate surface area is 95.7 Å². The highest BCUT2D eigenvalue weighted by Crippen LogP contribution is 2.10.